The molecule has 0 unspecified atom stereocenters. The zero-order chi connectivity index (χ0) is 8.41. The molecule has 0 spiro atoms. The molecule has 0 rings (SSSR count). The molecule has 0 saturated heterocycles. The van der Waals surface area contributed by atoms with Crippen molar-refractivity contribution >= 4 is 44.9 Å². The van der Waals surface area contributed by atoms with Crippen LogP contribution < -0.4 is 0 Å². The first-order chi connectivity index (χ1) is 4.27. The van der Waals surface area contributed by atoms with Gasteiger partial charge in [-0.15, -0.1) is 0 Å². The molecule has 10 heavy (non-hydrogen) atoms. The van der Waals surface area contributed by atoms with E-state index in [2.05, 4.69) is 11.3 Å². The van der Waals surface area contributed by atoms with Crippen LogP contribution in [0.15, 0.2) is 0 Å². The van der Waals surface area contributed by atoms with Gasteiger partial charge in [0.05, 0.1) is 7.11 Å². The zero-order valence-electron chi connectivity index (χ0n) is 4.68. The van der Waals surface area contributed by atoms with Crippen molar-refractivity contribution in [2.24, 2.45) is 0 Å². The van der Waals surface area contributed by atoms with Crippen molar-refractivity contribution in [1.29, 1.82) is 0 Å². The summed E-state index contributed by atoms with van der Waals surface area (Å²) in [6.07, 6.45) is 0. The Morgan fingerprint density at radius 2 is 1.80 bits per heavy atom. The second-order valence-electron chi connectivity index (χ2n) is 1.44. The van der Waals surface area contributed by atoms with Gasteiger partial charge < -0.3 is 0 Å². The highest BCUT2D eigenvalue weighted by molar-refractivity contribution is 7.87. The van der Waals surface area contributed by atoms with Gasteiger partial charge in [-0.25, -0.2) is 0 Å². The molecule has 0 atom stereocenters. The highest BCUT2D eigenvalue weighted by Gasteiger charge is 2.28. The van der Waals surface area contributed by atoms with E-state index in [1.165, 1.54) is 0 Å². The lowest BCUT2D eigenvalue weighted by atomic mass is 10.9. The van der Waals surface area contributed by atoms with Crippen LogP contribution in [-0.2, 0) is 14.3 Å². The summed E-state index contributed by atoms with van der Waals surface area (Å²) in [5, 5.41) is 0. The molecule has 0 heterocycles. The van der Waals surface area contributed by atoms with E-state index in [1.54, 1.807) is 0 Å². The molecule has 0 amide bonds. The van der Waals surface area contributed by atoms with Crippen LogP contribution in [0.2, 0.25) is 0 Å². The maximum Gasteiger partial charge on any atom is 0.271 e. The first-order valence-corrected chi connectivity index (χ1v) is 4.71. The Morgan fingerprint density at radius 1 is 1.40 bits per heavy atom. The number of rotatable bonds is 2. The van der Waals surface area contributed by atoms with Crippen LogP contribution in [0.25, 0.3) is 0 Å². The molecule has 1 radical (unpaired) electrons. The first-order valence-electron chi connectivity index (χ1n) is 2.00. The van der Waals surface area contributed by atoms with Crippen LogP contribution in [0.3, 0.4) is 0 Å². The van der Waals surface area contributed by atoms with Crippen LogP contribution in [-0.4, -0.2) is 18.0 Å². The Morgan fingerprint density at radius 3 is 1.90 bits per heavy atom. The molecule has 0 bridgehead atoms. The topological polar surface area (TPSA) is 43.4 Å². The van der Waals surface area contributed by atoms with Crippen molar-refractivity contribution in [2.75, 3.05) is 5.75 Å². The van der Waals surface area contributed by atoms with E-state index in [0.717, 1.165) is 0 Å². The quantitative estimate of drug-likeness (QED) is 0.529. The lowest BCUT2D eigenvalue weighted by Crippen LogP contribution is -2.19. The fraction of sp³-hybridized carbons (Fsp3) is 0.667. The van der Waals surface area contributed by atoms with Gasteiger partial charge in [0.2, 0.25) is 3.79 Å². The molecular weight excluding hydrogens is 222 g/mol. The Hall–Kier alpha value is 0.780. The minimum Gasteiger partial charge on any atom is -0.267 e. The summed E-state index contributed by atoms with van der Waals surface area (Å²) < 4.78 is 22.9. The molecule has 3 nitrogen and oxygen atoms in total. The molecule has 0 aromatic heterocycles. The van der Waals surface area contributed by atoms with Gasteiger partial charge in [0, 0.05) is 0 Å². The summed E-state index contributed by atoms with van der Waals surface area (Å²) in [6.45, 7) is 0. The van der Waals surface area contributed by atoms with Gasteiger partial charge in [-0.2, -0.15) is 8.42 Å². The van der Waals surface area contributed by atoms with Gasteiger partial charge in [0.15, 0.2) is 0 Å². The van der Waals surface area contributed by atoms with E-state index < -0.39 is 19.7 Å². The summed E-state index contributed by atoms with van der Waals surface area (Å²) in [4.78, 5) is 0. The largest absolute Gasteiger partial charge is 0.271 e. The second kappa shape index (κ2) is 3.45. The number of alkyl halides is 3. The van der Waals surface area contributed by atoms with Crippen LogP contribution in [0.4, 0.5) is 0 Å². The van der Waals surface area contributed by atoms with Crippen molar-refractivity contribution in [1.82, 2.24) is 0 Å². The van der Waals surface area contributed by atoms with Gasteiger partial charge >= 0.3 is 0 Å². The van der Waals surface area contributed by atoms with Gasteiger partial charge in [0.25, 0.3) is 10.1 Å². The van der Waals surface area contributed by atoms with Crippen molar-refractivity contribution < 1.29 is 12.6 Å². The molecule has 0 fully saturated rings. The van der Waals surface area contributed by atoms with Crippen LogP contribution in [0.5, 0.6) is 0 Å². The lowest BCUT2D eigenvalue weighted by Gasteiger charge is -2.08. The summed E-state index contributed by atoms with van der Waals surface area (Å²) >= 11 is 15.4. The van der Waals surface area contributed by atoms with E-state index in [0.29, 0.717) is 0 Å². The van der Waals surface area contributed by atoms with Crippen molar-refractivity contribution in [2.45, 2.75) is 3.79 Å². The third-order valence-corrected chi connectivity index (χ3v) is 2.54. The third kappa shape index (κ3) is 5.56. The van der Waals surface area contributed by atoms with Crippen molar-refractivity contribution in [3.8, 4) is 0 Å². The first kappa shape index (κ1) is 10.8. The molecular formula is C3H4Cl3O3S. The Balaban J connectivity index is 4.18. The predicted molar refractivity (Wildman–Crippen MR) is 40.5 cm³/mol. The fourth-order valence-electron chi connectivity index (χ4n) is 0.242. The average Bonchev–Trinajstić information content (AvgIpc) is 1.60. The van der Waals surface area contributed by atoms with Gasteiger partial charge in [-0.3, -0.25) is 4.18 Å². The van der Waals surface area contributed by atoms with Crippen LogP contribution >= 0.6 is 34.8 Å². The smallest absolute Gasteiger partial charge is 0.267 e. The van der Waals surface area contributed by atoms with Crippen LogP contribution in [0, 0.1) is 7.11 Å². The monoisotopic (exact) mass is 225 g/mol. The Labute approximate surface area is 74.3 Å². The molecule has 0 aliphatic heterocycles. The molecule has 7 heteroatoms. The Bertz CT molecular complexity index is 192. The summed E-state index contributed by atoms with van der Waals surface area (Å²) in [5.41, 5.74) is 0. The standard InChI is InChI=1S/C3H4Cl3O3S/c1-9-10(7,8)2-3(4,5)6/h1-2H2. The molecule has 0 N–H and O–H groups in total. The van der Waals surface area contributed by atoms with Gasteiger partial charge in [0.1, 0.15) is 5.75 Å². The highest BCUT2D eigenvalue weighted by atomic mass is 35.6. The maximum absolute atomic E-state index is 10.5. The highest BCUT2D eigenvalue weighted by Crippen LogP contribution is 2.27. The number of halogens is 3. The van der Waals surface area contributed by atoms with E-state index >= 15 is 0 Å². The maximum atomic E-state index is 10.5. The molecule has 0 aliphatic carbocycles. The molecule has 0 saturated carbocycles. The third-order valence-electron chi connectivity index (χ3n) is 0.520. The van der Waals surface area contributed by atoms with E-state index in [9.17, 15) is 8.42 Å². The van der Waals surface area contributed by atoms with Crippen LogP contribution in [0.1, 0.15) is 0 Å². The molecule has 0 aromatic rings. The molecule has 0 aliphatic rings. The summed E-state index contributed by atoms with van der Waals surface area (Å²) in [7, 11) is -1.11. The lowest BCUT2D eigenvalue weighted by molar-refractivity contribution is 0.438. The van der Waals surface area contributed by atoms with E-state index in [4.69, 9.17) is 34.8 Å². The normalized spacial score (nSPS) is 13.6. The second-order valence-corrected chi connectivity index (χ2v) is 5.59. The van der Waals surface area contributed by atoms with Gasteiger partial charge in [-0.1, -0.05) is 34.8 Å². The van der Waals surface area contributed by atoms with Gasteiger partial charge in [-0.05, 0) is 0 Å². The van der Waals surface area contributed by atoms with E-state index in [1.807, 2.05) is 0 Å². The summed E-state index contributed by atoms with van der Waals surface area (Å²) in [6, 6.07) is 0. The summed E-state index contributed by atoms with van der Waals surface area (Å²) in [5.74, 6) is -0.700. The average molecular weight is 226 g/mol. The van der Waals surface area contributed by atoms with Crippen molar-refractivity contribution in [3.63, 3.8) is 0 Å². The minimum atomic E-state index is -3.78. The SMILES string of the molecule is [CH2]OS(=O)(=O)CC(Cl)(Cl)Cl. The fourth-order valence-corrected chi connectivity index (χ4v) is 1.93. The zero-order valence-corrected chi connectivity index (χ0v) is 7.77. The Kier molecular flexibility index (Phi) is 3.72. The number of hydrogen-bond donors (Lipinski definition) is 0. The molecule has 61 valence electrons. The predicted octanol–water partition coefficient (Wildman–Crippen LogP) is 1.49. The van der Waals surface area contributed by atoms with Crippen molar-refractivity contribution in [3.05, 3.63) is 7.11 Å². The minimum absolute atomic E-state index is 0.700. The van der Waals surface area contributed by atoms with E-state index in [-0.39, 0.29) is 0 Å². The number of hydrogen-bond acceptors (Lipinski definition) is 3. The molecule has 0 aromatic carbocycles.